The molecule has 0 aliphatic carbocycles. The Kier molecular flexibility index (Phi) is 6.58. The summed E-state index contributed by atoms with van der Waals surface area (Å²) >= 11 is 0. The third-order valence-corrected chi connectivity index (χ3v) is 4.69. The number of carbonyl (C=O) groups is 1. The molecule has 3 rings (SSSR count). The molecule has 1 atom stereocenters. The Morgan fingerprint density at radius 2 is 1.79 bits per heavy atom. The van der Waals surface area contributed by atoms with E-state index >= 15 is 0 Å². The Morgan fingerprint density at radius 3 is 2.54 bits per heavy atom. The number of rotatable bonds is 7. The second-order valence-electron chi connectivity index (χ2n) is 6.60. The summed E-state index contributed by atoms with van der Waals surface area (Å²) < 4.78 is 5.21. The summed E-state index contributed by atoms with van der Waals surface area (Å²) in [6.45, 7) is 2.07. The minimum Gasteiger partial charge on any atom is -0.497 e. The molecule has 0 aromatic heterocycles. The lowest BCUT2D eigenvalue weighted by molar-refractivity contribution is -0.122. The minimum absolute atomic E-state index is 0.131. The molecule has 0 fully saturated rings. The van der Waals surface area contributed by atoms with Gasteiger partial charge in [-0.2, -0.15) is 5.10 Å². The van der Waals surface area contributed by atoms with Crippen molar-refractivity contribution in [3.63, 3.8) is 0 Å². The summed E-state index contributed by atoms with van der Waals surface area (Å²) in [6, 6.07) is 25.5. The van der Waals surface area contributed by atoms with Gasteiger partial charge in [0.1, 0.15) is 5.75 Å². The predicted molar refractivity (Wildman–Crippen MR) is 113 cm³/mol. The van der Waals surface area contributed by atoms with Crippen molar-refractivity contribution in [1.82, 2.24) is 5.43 Å². The van der Waals surface area contributed by atoms with Gasteiger partial charge in [-0.25, -0.2) is 5.43 Å². The third kappa shape index (κ3) is 5.07. The summed E-state index contributed by atoms with van der Waals surface area (Å²) in [7, 11) is 1.62. The molecule has 0 saturated carbocycles. The number of nitrogens with one attached hydrogen (secondary N) is 1. The highest BCUT2D eigenvalue weighted by molar-refractivity contribution is 5.86. The van der Waals surface area contributed by atoms with Crippen LogP contribution in [0.1, 0.15) is 28.2 Å². The first-order valence-electron chi connectivity index (χ1n) is 9.24. The van der Waals surface area contributed by atoms with Crippen LogP contribution in [0.2, 0.25) is 0 Å². The van der Waals surface area contributed by atoms with E-state index in [1.165, 1.54) is 5.56 Å². The second kappa shape index (κ2) is 9.51. The summed E-state index contributed by atoms with van der Waals surface area (Å²) in [6.07, 6.45) is 2.24. The molecule has 1 amide bonds. The third-order valence-electron chi connectivity index (χ3n) is 4.69. The first-order valence-corrected chi connectivity index (χ1v) is 9.24. The molecule has 1 N–H and O–H groups in total. The highest BCUT2D eigenvalue weighted by Crippen LogP contribution is 2.23. The van der Waals surface area contributed by atoms with Crippen LogP contribution in [-0.4, -0.2) is 19.2 Å². The molecule has 0 aliphatic heterocycles. The fraction of sp³-hybridized carbons (Fsp3) is 0.167. The average Bonchev–Trinajstić information content (AvgIpc) is 2.74. The van der Waals surface area contributed by atoms with Gasteiger partial charge in [0.2, 0.25) is 5.91 Å². The van der Waals surface area contributed by atoms with Gasteiger partial charge in [0.15, 0.2) is 0 Å². The van der Waals surface area contributed by atoms with Gasteiger partial charge in [0.25, 0.3) is 0 Å². The maximum absolute atomic E-state index is 12.9. The van der Waals surface area contributed by atoms with Crippen molar-refractivity contribution in [2.45, 2.75) is 19.3 Å². The van der Waals surface area contributed by atoms with E-state index in [2.05, 4.69) is 29.6 Å². The number of methoxy groups -OCH3 is 1. The van der Waals surface area contributed by atoms with Crippen LogP contribution in [0.5, 0.6) is 5.75 Å². The van der Waals surface area contributed by atoms with Crippen LogP contribution >= 0.6 is 0 Å². The minimum atomic E-state index is -0.315. The first kappa shape index (κ1) is 19.4. The summed E-state index contributed by atoms with van der Waals surface area (Å²) in [5, 5.41) is 4.15. The van der Waals surface area contributed by atoms with Gasteiger partial charge in [-0.15, -0.1) is 0 Å². The molecule has 1 unspecified atom stereocenters. The number of carbonyl (C=O) groups excluding carboxylic acids is 1. The Labute approximate surface area is 165 Å². The van der Waals surface area contributed by atoms with Gasteiger partial charge in [-0.3, -0.25) is 4.79 Å². The maximum Gasteiger partial charge on any atom is 0.247 e. The van der Waals surface area contributed by atoms with Crippen molar-refractivity contribution >= 4 is 12.1 Å². The van der Waals surface area contributed by atoms with Gasteiger partial charge in [0.05, 0.1) is 19.2 Å². The van der Waals surface area contributed by atoms with Crippen LogP contribution in [0.4, 0.5) is 0 Å². The van der Waals surface area contributed by atoms with Gasteiger partial charge < -0.3 is 4.74 Å². The van der Waals surface area contributed by atoms with E-state index < -0.39 is 0 Å². The molecule has 0 heterocycles. The van der Waals surface area contributed by atoms with Gasteiger partial charge in [0, 0.05) is 0 Å². The van der Waals surface area contributed by atoms with Gasteiger partial charge in [-0.05, 0) is 47.7 Å². The Bertz CT molecular complexity index is 952. The lowest BCUT2D eigenvalue weighted by Gasteiger charge is -2.17. The largest absolute Gasteiger partial charge is 0.497 e. The molecule has 3 aromatic carbocycles. The lowest BCUT2D eigenvalue weighted by atomic mass is 9.90. The SMILES string of the molecule is COc1cccc(/C=N/NC(=O)C(Cc2ccccc2C)c2ccccc2)c1. The summed E-state index contributed by atoms with van der Waals surface area (Å²) in [5.41, 5.74) is 6.86. The topological polar surface area (TPSA) is 50.7 Å². The average molecular weight is 372 g/mol. The Morgan fingerprint density at radius 1 is 1.04 bits per heavy atom. The molecule has 4 nitrogen and oxygen atoms in total. The van der Waals surface area contributed by atoms with Crippen LogP contribution in [0.3, 0.4) is 0 Å². The molecule has 3 aromatic rings. The molecule has 142 valence electrons. The number of ether oxygens (including phenoxy) is 1. The highest BCUT2D eigenvalue weighted by atomic mass is 16.5. The Hall–Kier alpha value is -3.40. The summed E-state index contributed by atoms with van der Waals surface area (Å²) in [5.74, 6) is 0.301. The molecule has 28 heavy (non-hydrogen) atoms. The normalized spacial score (nSPS) is 11.9. The zero-order chi connectivity index (χ0) is 19.8. The van der Waals surface area contributed by atoms with E-state index in [0.717, 1.165) is 22.4 Å². The number of benzene rings is 3. The van der Waals surface area contributed by atoms with Crippen molar-refractivity contribution in [3.05, 3.63) is 101 Å². The number of aryl methyl sites for hydroxylation is 1. The van der Waals surface area contributed by atoms with E-state index in [9.17, 15) is 4.79 Å². The monoisotopic (exact) mass is 372 g/mol. The highest BCUT2D eigenvalue weighted by Gasteiger charge is 2.21. The van der Waals surface area contributed by atoms with Crippen molar-refractivity contribution in [3.8, 4) is 5.75 Å². The second-order valence-corrected chi connectivity index (χ2v) is 6.60. The molecule has 0 aliphatic rings. The zero-order valence-electron chi connectivity index (χ0n) is 16.1. The molecule has 0 radical (unpaired) electrons. The van der Waals surface area contributed by atoms with Crippen LogP contribution < -0.4 is 10.2 Å². The van der Waals surface area contributed by atoms with Crippen molar-refractivity contribution in [2.75, 3.05) is 7.11 Å². The molecule has 0 saturated heterocycles. The number of amides is 1. The maximum atomic E-state index is 12.9. The quantitative estimate of drug-likeness (QED) is 0.491. The van der Waals surface area contributed by atoms with E-state index in [1.54, 1.807) is 13.3 Å². The van der Waals surface area contributed by atoms with E-state index in [1.807, 2.05) is 66.7 Å². The van der Waals surface area contributed by atoms with Crippen molar-refractivity contribution < 1.29 is 9.53 Å². The zero-order valence-corrected chi connectivity index (χ0v) is 16.1. The molecule has 0 spiro atoms. The fourth-order valence-corrected chi connectivity index (χ4v) is 3.08. The van der Waals surface area contributed by atoms with Crippen LogP contribution in [0.15, 0.2) is 84.0 Å². The van der Waals surface area contributed by atoms with Gasteiger partial charge >= 0.3 is 0 Å². The predicted octanol–water partition coefficient (Wildman–Crippen LogP) is 4.48. The number of nitrogens with zero attached hydrogens (tertiary/aromatic N) is 1. The van der Waals surface area contributed by atoms with Gasteiger partial charge in [-0.1, -0.05) is 66.7 Å². The first-order chi connectivity index (χ1) is 13.7. The number of hydrazone groups is 1. The van der Waals surface area contributed by atoms with Crippen LogP contribution in [0.25, 0.3) is 0 Å². The number of hydrogen-bond donors (Lipinski definition) is 1. The molecule has 0 bridgehead atoms. The van der Waals surface area contributed by atoms with E-state index in [-0.39, 0.29) is 11.8 Å². The Balaban J connectivity index is 1.76. The molecule has 4 heteroatoms. The summed E-state index contributed by atoms with van der Waals surface area (Å²) in [4.78, 5) is 12.9. The van der Waals surface area contributed by atoms with Crippen molar-refractivity contribution in [2.24, 2.45) is 5.10 Å². The molecular formula is C24H24N2O2. The fourth-order valence-electron chi connectivity index (χ4n) is 3.08. The van der Waals surface area contributed by atoms with Crippen molar-refractivity contribution in [1.29, 1.82) is 0 Å². The van der Waals surface area contributed by atoms with Crippen LogP contribution in [0, 0.1) is 6.92 Å². The number of hydrogen-bond acceptors (Lipinski definition) is 3. The van der Waals surface area contributed by atoms with E-state index in [0.29, 0.717) is 6.42 Å². The van der Waals surface area contributed by atoms with Crippen LogP contribution in [-0.2, 0) is 11.2 Å². The lowest BCUT2D eigenvalue weighted by Crippen LogP contribution is -2.27. The molecular weight excluding hydrogens is 348 g/mol. The van der Waals surface area contributed by atoms with E-state index in [4.69, 9.17) is 4.74 Å². The smallest absolute Gasteiger partial charge is 0.247 e. The standard InChI is InChI=1S/C24H24N2O2/c1-18-9-6-7-13-21(18)16-23(20-11-4-3-5-12-20)24(27)26-25-17-19-10-8-14-22(15-19)28-2/h3-15,17,23H,16H2,1-2H3,(H,26,27)/b25-17+.